The molecule has 0 unspecified atom stereocenters. The van der Waals surface area contributed by atoms with Crippen LogP contribution in [0.4, 0.5) is 0 Å². The maximum absolute atomic E-state index is 15.0. The molecule has 0 aliphatic carbocycles. The highest BCUT2D eigenvalue weighted by Gasteiger charge is 2.38. The summed E-state index contributed by atoms with van der Waals surface area (Å²) in [6.07, 6.45) is -0.820. The third kappa shape index (κ3) is 28.2. The number of aromatic hydroxyl groups is 2. The Balaban J connectivity index is 1.06. The van der Waals surface area contributed by atoms with Gasteiger partial charge in [-0.2, -0.15) is 25.3 Å². The number of nitrogens with two attached hydrogens (primary N) is 2. The van der Waals surface area contributed by atoms with Crippen molar-refractivity contribution in [3.8, 4) is 11.5 Å². The predicted octanol–water partition coefficient (Wildman–Crippen LogP) is -1.42. The molecule has 7 aromatic rings. The summed E-state index contributed by atoms with van der Waals surface area (Å²) in [4.78, 5) is 224. The summed E-state index contributed by atoms with van der Waals surface area (Å²) in [6.45, 7) is 3.56. The summed E-state index contributed by atoms with van der Waals surface area (Å²) >= 11 is 8.55. The molecule has 5 aromatic carbocycles. The molecule has 0 radical (unpaired) electrons. The van der Waals surface area contributed by atoms with Crippen LogP contribution in [0.3, 0.4) is 0 Å². The van der Waals surface area contributed by atoms with E-state index in [1.165, 1.54) is 50.2 Å². The van der Waals surface area contributed by atoms with E-state index in [0.717, 1.165) is 0 Å². The van der Waals surface area contributed by atoms with Crippen LogP contribution in [0.5, 0.6) is 11.5 Å². The second-order valence-electron chi connectivity index (χ2n) is 28.0. The molecule has 0 bridgehead atoms. The van der Waals surface area contributed by atoms with Crippen LogP contribution in [0.25, 0.3) is 21.8 Å². The van der Waals surface area contributed by atoms with E-state index < -0.39 is 217 Å². The lowest BCUT2D eigenvalue weighted by Crippen LogP contribution is -2.61. The predicted molar refractivity (Wildman–Crippen MR) is 433 cm³/mol. The molecule has 7 rings (SSSR count). The number of carboxylic acid groups (broad SMARTS) is 3. The number of hydrogen-bond donors (Lipinski definition) is 23. The van der Waals surface area contributed by atoms with E-state index in [1.807, 2.05) is 5.32 Å². The minimum absolute atomic E-state index is 0.000390. The van der Waals surface area contributed by atoms with E-state index >= 15 is 4.79 Å². The lowest BCUT2D eigenvalue weighted by molar-refractivity contribution is -0.147. The van der Waals surface area contributed by atoms with Crippen molar-refractivity contribution in [2.45, 2.75) is 157 Å². The van der Waals surface area contributed by atoms with E-state index in [-0.39, 0.29) is 50.0 Å². The number of aromatic amines is 2. The molecule has 23 N–H and O–H groups in total. The number of phenolic OH excluding ortho intramolecular Hbond substituents is 2. The number of phenols is 2. The first-order valence-electron chi connectivity index (χ1n) is 37.4. The quantitative estimate of drug-likeness (QED) is 0.0195. The molecule has 0 spiro atoms. The first kappa shape index (κ1) is 92.1. The van der Waals surface area contributed by atoms with Gasteiger partial charge in [0.25, 0.3) is 0 Å². The van der Waals surface area contributed by atoms with Crippen molar-refractivity contribution in [2.24, 2.45) is 17.4 Å². The number of H-pyrrole nitrogens is 2. The molecule has 13 atom stereocenters. The number of carbonyl (C=O) groups is 16. The van der Waals surface area contributed by atoms with Gasteiger partial charge in [0, 0.05) is 77.8 Å². The molecule has 37 nitrogen and oxygen atoms in total. The van der Waals surface area contributed by atoms with Gasteiger partial charge in [-0.1, -0.05) is 111 Å². The smallest absolute Gasteiger partial charge is 0.326 e. The van der Waals surface area contributed by atoms with E-state index in [1.54, 1.807) is 110 Å². The number of nitrogens with one attached hydrogen (secondary N) is 14. The minimum atomic E-state index is -1.98. The van der Waals surface area contributed by atoms with Gasteiger partial charge in [0.15, 0.2) is 0 Å². The van der Waals surface area contributed by atoms with E-state index in [2.05, 4.69) is 93.7 Å². The number of aromatic nitrogens is 2. The molecular formula is C79H96N16O21S2. The van der Waals surface area contributed by atoms with Crippen molar-refractivity contribution in [1.29, 1.82) is 0 Å². The highest BCUT2D eigenvalue weighted by Crippen LogP contribution is 2.23. The fourth-order valence-electron chi connectivity index (χ4n) is 12.4. The van der Waals surface area contributed by atoms with Gasteiger partial charge in [-0.25, -0.2) is 4.79 Å². The van der Waals surface area contributed by atoms with E-state index in [9.17, 15) is 92.3 Å². The van der Waals surface area contributed by atoms with Crippen LogP contribution in [0, 0.1) is 5.92 Å². The van der Waals surface area contributed by atoms with Crippen molar-refractivity contribution >= 4 is 142 Å². The zero-order chi connectivity index (χ0) is 86.4. The number of rotatable bonds is 46. The van der Waals surface area contributed by atoms with E-state index in [0.29, 0.717) is 49.6 Å². The zero-order valence-electron chi connectivity index (χ0n) is 64.3. The van der Waals surface area contributed by atoms with Crippen molar-refractivity contribution < 1.29 is 102 Å². The molecule has 13 amide bonds. The highest BCUT2D eigenvalue weighted by molar-refractivity contribution is 7.80. The van der Waals surface area contributed by atoms with Crippen LogP contribution < -0.4 is 75.3 Å². The van der Waals surface area contributed by atoms with Crippen molar-refractivity contribution in [3.05, 3.63) is 168 Å². The normalized spacial score (nSPS) is 14.4. The Morgan fingerprint density at radius 1 is 0.407 bits per heavy atom. The number of primary amides is 1. The van der Waals surface area contributed by atoms with Gasteiger partial charge in [0.2, 0.25) is 76.8 Å². The lowest BCUT2D eigenvalue weighted by Gasteiger charge is -2.28. The summed E-state index contributed by atoms with van der Waals surface area (Å²) in [6, 6.07) is 14.9. The number of carboxylic acids is 3. The van der Waals surface area contributed by atoms with Crippen molar-refractivity contribution in [3.63, 3.8) is 0 Å². The van der Waals surface area contributed by atoms with E-state index in [4.69, 9.17) is 16.6 Å². The Kier molecular flexibility index (Phi) is 34.9. The second-order valence-corrected chi connectivity index (χ2v) is 28.7. The average molecular weight is 1670 g/mol. The standard InChI is InChI=1S/C79H96N16O21S2/c1-4-40(2)67(78(114)91-59(33-63(81)98)75(111)92-60(79(115)116)34-66(102)103)95-77(113)62(39-118)93-68(104)41(3)85-64(99)37-84-70(106)55(29-42-12-6-5-7-13-42)88-74(110)58(32-46-36-83-53-17-11-9-15-50(46)53)90-71(107)54(26-27-65(100)101)86-76(112)61(38-117)94-72(108)56(30-44-20-24-48(97)25-21-44)89-73(109)57(31-45-35-82-52-16-10-8-14-49(45)52)87-69(105)51(80)28-43-18-22-47(96)23-19-43/h5-25,35-36,40-41,51,54-62,67,82-83,96-97,117-118H,4,26-34,37-39,80H2,1-3H3,(H2,81,98)(H,84,106)(H,85,99)(H,86,112)(H,87,105)(H,88,110)(H,89,109)(H,90,107)(H,91,114)(H,92,111)(H,93,104)(H,94,108)(H,95,113)(H,100,101)(H,102,103)(H,115,116)/t40-,41-,51-,54-,55-,56-,57-,58-,59-,60-,61-,62-,67-/m0/s1. The molecule has 2 heterocycles. The van der Waals surface area contributed by atoms with Gasteiger partial charge in [0.05, 0.1) is 25.4 Å². The van der Waals surface area contributed by atoms with Crippen LogP contribution in [-0.2, 0) is 109 Å². The SMILES string of the molecule is CC[C@H](C)[C@H](NC(=O)[C@H](CS)NC(=O)[C@H](C)NC(=O)CNC(=O)[C@H](Cc1ccccc1)NC(=O)[C@H](Cc1c[nH]c2ccccc12)NC(=O)[C@H](CCC(=O)O)NC(=O)[C@H](CS)NC(=O)[C@H](Cc1ccc(O)cc1)NC(=O)[C@H](Cc1c[nH]c2ccccc12)NC(=O)[C@@H](N)Cc1ccc(O)cc1)C(=O)N[C@@H](CC(N)=O)C(=O)N[C@@H](CC(=O)O)C(=O)O. The molecule has 0 aliphatic rings. The summed E-state index contributed by atoms with van der Waals surface area (Å²) in [5.41, 5.74) is 15.6. The molecule has 2 aromatic heterocycles. The Morgan fingerprint density at radius 3 is 1.29 bits per heavy atom. The summed E-state index contributed by atoms with van der Waals surface area (Å²) in [7, 11) is 0. The molecule has 118 heavy (non-hydrogen) atoms. The number of carbonyl (C=O) groups excluding carboxylic acids is 13. The first-order valence-corrected chi connectivity index (χ1v) is 38.6. The molecule has 0 saturated carbocycles. The monoisotopic (exact) mass is 1670 g/mol. The van der Waals surface area contributed by atoms with Crippen molar-refractivity contribution in [2.75, 3.05) is 18.1 Å². The summed E-state index contributed by atoms with van der Waals surface area (Å²) in [5, 5.41) is 79.5. The maximum atomic E-state index is 15.0. The number of amides is 13. The Bertz CT molecular complexity index is 4760. The Labute approximate surface area is 686 Å². The van der Waals surface area contributed by atoms with Crippen LogP contribution >= 0.6 is 25.3 Å². The Morgan fingerprint density at radius 2 is 0.805 bits per heavy atom. The van der Waals surface area contributed by atoms with Gasteiger partial charge in [-0.05, 0) is 89.9 Å². The highest BCUT2D eigenvalue weighted by atomic mass is 32.1. The number of hydrogen-bond acceptors (Lipinski definition) is 21. The molecule has 0 aliphatic heterocycles. The van der Waals surface area contributed by atoms with Gasteiger partial charge in [-0.15, -0.1) is 0 Å². The van der Waals surface area contributed by atoms with Gasteiger partial charge < -0.3 is 111 Å². The number of aliphatic carboxylic acids is 3. The number of thiol groups is 2. The molecule has 0 saturated heterocycles. The van der Waals surface area contributed by atoms with Gasteiger partial charge >= 0.3 is 17.9 Å². The lowest BCUT2D eigenvalue weighted by atomic mass is 9.97. The van der Waals surface area contributed by atoms with Gasteiger partial charge in [0.1, 0.15) is 78.0 Å². The molecule has 0 fully saturated rings. The summed E-state index contributed by atoms with van der Waals surface area (Å²) in [5.74, 6) is -19.7. The fourth-order valence-corrected chi connectivity index (χ4v) is 12.9. The second kappa shape index (κ2) is 44.7. The van der Waals surface area contributed by atoms with Crippen LogP contribution in [0.2, 0.25) is 0 Å². The van der Waals surface area contributed by atoms with Crippen LogP contribution in [0.1, 0.15) is 80.7 Å². The summed E-state index contributed by atoms with van der Waals surface area (Å²) < 4.78 is 0. The Hall–Kier alpha value is -13.0. The average Bonchev–Trinajstić information content (AvgIpc) is 1.66. The number of fused-ring (bicyclic) bond motifs is 2. The van der Waals surface area contributed by atoms with Crippen LogP contribution in [0.15, 0.2) is 140 Å². The topological polar surface area (TPSA) is 602 Å². The fraction of sp³-hybridized carbons (Fsp3) is 0.367. The van der Waals surface area contributed by atoms with Crippen molar-refractivity contribution in [1.82, 2.24) is 73.8 Å². The van der Waals surface area contributed by atoms with Crippen LogP contribution in [-0.4, -0.2) is 221 Å². The number of benzene rings is 5. The van der Waals surface area contributed by atoms with Gasteiger partial charge in [-0.3, -0.25) is 71.9 Å². The first-order chi connectivity index (χ1) is 56.1. The largest absolute Gasteiger partial charge is 0.508 e. The number of para-hydroxylation sites is 2. The zero-order valence-corrected chi connectivity index (χ0v) is 66.1. The molecule has 39 heteroatoms. The minimum Gasteiger partial charge on any atom is -0.508 e. The maximum Gasteiger partial charge on any atom is 0.326 e. The third-order valence-electron chi connectivity index (χ3n) is 19.0. The third-order valence-corrected chi connectivity index (χ3v) is 19.8. The molecular weight excluding hydrogens is 1570 g/mol. The molecule has 630 valence electrons.